The molecular formula is C18H29Cl2N3O2. The van der Waals surface area contributed by atoms with Crippen molar-refractivity contribution in [2.45, 2.75) is 32.2 Å². The van der Waals surface area contributed by atoms with Crippen molar-refractivity contribution in [3.8, 4) is 0 Å². The van der Waals surface area contributed by atoms with E-state index in [4.69, 9.17) is 10.5 Å². The standard InChI is InChI=1S/C18H27N3O2.2ClH/c1-14-5-6-15(19)12-17(14)18(22)21-7-3-2-4-16(21)13-20-8-10-23-11-9-20;;/h5-6,12,16H,2-4,7-11,13,19H2,1H3;2*1H. The molecule has 0 spiro atoms. The number of hydrogen-bond donors (Lipinski definition) is 1. The zero-order chi connectivity index (χ0) is 16.2. The lowest BCUT2D eigenvalue weighted by Gasteiger charge is -2.40. The number of piperidine rings is 1. The normalized spacial score (nSPS) is 21.2. The molecule has 2 saturated heterocycles. The molecule has 0 aromatic heterocycles. The molecule has 2 heterocycles. The van der Waals surface area contributed by atoms with Crippen LogP contribution in [0, 0.1) is 6.92 Å². The van der Waals surface area contributed by atoms with Crippen LogP contribution in [0.2, 0.25) is 0 Å². The Bertz CT molecular complexity index is 565. The fourth-order valence-corrected chi connectivity index (χ4v) is 3.56. The zero-order valence-corrected chi connectivity index (χ0v) is 16.4. The van der Waals surface area contributed by atoms with Crippen LogP contribution in [0.3, 0.4) is 0 Å². The number of morpholine rings is 1. The van der Waals surface area contributed by atoms with E-state index < -0.39 is 0 Å². The van der Waals surface area contributed by atoms with Gasteiger partial charge in [0.2, 0.25) is 0 Å². The third-order valence-electron chi connectivity index (χ3n) is 4.95. The summed E-state index contributed by atoms with van der Waals surface area (Å²) in [7, 11) is 0. The van der Waals surface area contributed by atoms with Gasteiger partial charge in [-0.1, -0.05) is 6.07 Å². The summed E-state index contributed by atoms with van der Waals surface area (Å²) in [6.07, 6.45) is 3.38. The highest BCUT2D eigenvalue weighted by atomic mass is 35.5. The van der Waals surface area contributed by atoms with Crippen molar-refractivity contribution in [3.05, 3.63) is 29.3 Å². The molecule has 1 unspecified atom stereocenters. The first-order valence-corrected chi connectivity index (χ1v) is 8.62. The number of benzene rings is 1. The summed E-state index contributed by atoms with van der Waals surface area (Å²) in [5.74, 6) is 0.132. The Balaban J connectivity index is 0.00000156. The van der Waals surface area contributed by atoms with Crippen molar-refractivity contribution in [1.29, 1.82) is 0 Å². The Morgan fingerprint density at radius 2 is 1.92 bits per heavy atom. The molecule has 7 heteroatoms. The topological polar surface area (TPSA) is 58.8 Å². The molecule has 3 rings (SSSR count). The summed E-state index contributed by atoms with van der Waals surface area (Å²) in [4.78, 5) is 17.5. The van der Waals surface area contributed by atoms with E-state index >= 15 is 0 Å². The summed E-state index contributed by atoms with van der Waals surface area (Å²) in [5.41, 5.74) is 8.29. The van der Waals surface area contributed by atoms with Crippen LogP contribution in [0.25, 0.3) is 0 Å². The lowest BCUT2D eigenvalue weighted by molar-refractivity contribution is 0.0166. The molecule has 142 valence electrons. The molecule has 25 heavy (non-hydrogen) atoms. The Labute approximate surface area is 162 Å². The maximum Gasteiger partial charge on any atom is 0.254 e. The van der Waals surface area contributed by atoms with Crippen molar-refractivity contribution in [3.63, 3.8) is 0 Å². The first kappa shape index (κ1) is 22.0. The Morgan fingerprint density at radius 1 is 1.20 bits per heavy atom. The number of nitrogens with zero attached hydrogens (tertiary/aromatic N) is 2. The number of amides is 1. The lowest BCUT2D eigenvalue weighted by atomic mass is 9.98. The number of rotatable bonds is 3. The van der Waals surface area contributed by atoms with E-state index in [0.29, 0.717) is 11.7 Å². The molecule has 2 fully saturated rings. The summed E-state index contributed by atoms with van der Waals surface area (Å²) < 4.78 is 5.43. The molecule has 0 saturated carbocycles. The first-order chi connectivity index (χ1) is 11.1. The van der Waals surface area contributed by atoms with E-state index in [-0.39, 0.29) is 30.7 Å². The van der Waals surface area contributed by atoms with Crippen LogP contribution in [-0.2, 0) is 4.74 Å². The van der Waals surface area contributed by atoms with Gasteiger partial charge in [0.25, 0.3) is 5.91 Å². The van der Waals surface area contributed by atoms with E-state index in [1.54, 1.807) is 0 Å². The number of aryl methyl sites for hydroxylation is 1. The second-order valence-corrected chi connectivity index (χ2v) is 6.64. The Hall–Kier alpha value is -1.01. The van der Waals surface area contributed by atoms with Crippen LogP contribution in [-0.4, -0.2) is 61.1 Å². The van der Waals surface area contributed by atoms with Gasteiger partial charge in [-0.2, -0.15) is 0 Å². The average molecular weight is 390 g/mol. The number of anilines is 1. The average Bonchev–Trinajstić information content (AvgIpc) is 2.58. The summed E-state index contributed by atoms with van der Waals surface area (Å²) in [6, 6.07) is 5.91. The fourth-order valence-electron chi connectivity index (χ4n) is 3.56. The highest BCUT2D eigenvalue weighted by Gasteiger charge is 2.30. The lowest BCUT2D eigenvalue weighted by Crippen LogP contribution is -2.51. The third kappa shape index (κ3) is 5.48. The minimum absolute atomic E-state index is 0. The molecular weight excluding hydrogens is 361 g/mol. The second-order valence-electron chi connectivity index (χ2n) is 6.64. The summed E-state index contributed by atoms with van der Waals surface area (Å²) in [6.45, 7) is 7.32. The van der Waals surface area contributed by atoms with Gasteiger partial charge in [0.05, 0.1) is 13.2 Å². The molecule has 1 amide bonds. The number of nitrogens with two attached hydrogens (primary N) is 1. The van der Waals surface area contributed by atoms with Crippen molar-refractivity contribution in [2.75, 3.05) is 45.1 Å². The van der Waals surface area contributed by atoms with Gasteiger partial charge in [-0.25, -0.2) is 0 Å². The van der Waals surface area contributed by atoms with Gasteiger partial charge in [0.15, 0.2) is 0 Å². The Kier molecular flexibility index (Phi) is 9.00. The molecule has 1 aromatic carbocycles. The van der Waals surface area contributed by atoms with Gasteiger partial charge in [0, 0.05) is 43.5 Å². The molecule has 1 aromatic rings. The predicted molar refractivity (Wildman–Crippen MR) is 106 cm³/mol. The fraction of sp³-hybridized carbons (Fsp3) is 0.611. The van der Waals surface area contributed by atoms with E-state index in [0.717, 1.165) is 63.4 Å². The van der Waals surface area contributed by atoms with Gasteiger partial charge in [-0.05, 0) is 43.9 Å². The number of carbonyl (C=O) groups is 1. The number of ether oxygens (including phenoxy) is 1. The highest BCUT2D eigenvalue weighted by molar-refractivity contribution is 5.96. The highest BCUT2D eigenvalue weighted by Crippen LogP contribution is 2.23. The number of carbonyl (C=O) groups excluding carboxylic acids is 1. The first-order valence-electron chi connectivity index (χ1n) is 8.62. The van der Waals surface area contributed by atoms with Gasteiger partial charge in [-0.15, -0.1) is 24.8 Å². The van der Waals surface area contributed by atoms with E-state index in [1.165, 1.54) is 6.42 Å². The molecule has 2 aliphatic heterocycles. The number of likely N-dealkylation sites (tertiary alicyclic amines) is 1. The van der Waals surface area contributed by atoms with Crippen molar-refractivity contribution in [2.24, 2.45) is 0 Å². The van der Waals surface area contributed by atoms with Crippen molar-refractivity contribution < 1.29 is 9.53 Å². The molecule has 1 atom stereocenters. The molecule has 5 nitrogen and oxygen atoms in total. The van der Waals surface area contributed by atoms with Gasteiger partial charge >= 0.3 is 0 Å². The molecule has 0 aliphatic carbocycles. The number of halogens is 2. The monoisotopic (exact) mass is 389 g/mol. The van der Waals surface area contributed by atoms with Crippen LogP contribution in [0.5, 0.6) is 0 Å². The van der Waals surface area contributed by atoms with Crippen LogP contribution in [0.15, 0.2) is 18.2 Å². The smallest absolute Gasteiger partial charge is 0.254 e. The third-order valence-corrected chi connectivity index (χ3v) is 4.95. The van der Waals surface area contributed by atoms with E-state index in [2.05, 4.69) is 9.80 Å². The van der Waals surface area contributed by atoms with Gasteiger partial charge in [-0.3, -0.25) is 9.69 Å². The molecule has 0 bridgehead atoms. The van der Waals surface area contributed by atoms with Gasteiger partial charge < -0.3 is 15.4 Å². The Morgan fingerprint density at radius 3 is 2.64 bits per heavy atom. The van der Waals surface area contributed by atoms with E-state index in [1.807, 2.05) is 25.1 Å². The SMILES string of the molecule is Cc1ccc(N)cc1C(=O)N1CCCCC1CN1CCOCC1.Cl.Cl. The van der Waals surface area contributed by atoms with Crippen molar-refractivity contribution in [1.82, 2.24) is 9.80 Å². The van der Waals surface area contributed by atoms with Crippen LogP contribution in [0.4, 0.5) is 5.69 Å². The van der Waals surface area contributed by atoms with Crippen LogP contribution in [0.1, 0.15) is 35.2 Å². The molecule has 2 N–H and O–H groups in total. The van der Waals surface area contributed by atoms with Crippen LogP contribution >= 0.6 is 24.8 Å². The molecule has 2 aliphatic rings. The predicted octanol–water partition coefficient (Wildman–Crippen LogP) is 2.75. The van der Waals surface area contributed by atoms with Crippen LogP contribution < -0.4 is 5.73 Å². The number of nitrogen functional groups attached to an aromatic ring is 1. The van der Waals surface area contributed by atoms with Gasteiger partial charge in [0.1, 0.15) is 0 Å². The molecule has 0 radical (unpaired) electrons. The maximum absolute atomic E-state index is 13.1. The summed E-state index contributed by atoms with van der Waals surface area (Å²) >= 11 is 0. The summed E-state index contributed by atoms with van der Waals surface area (Å²) in [5, 5.41) is 0. The second kappa shape index (κ2) is 10.2. The quantitative estimate of drug-likeness (QED) is 0.807. The zero-order valence-electron chi connectivity index (χ0n) is 14.8. The minimum Gasteiger partial charge on any atom is -0.399 e. The van der Waals surface area contributed by atoms with Crippen molar-refractivity contribution >= 4 is 36.4 Å². The maximum atomic E-state index is 13.1. The number of hydrogen-bond acceptors (Lipinski definition) is 4. The van der Waals surface area contributed by atoms with E-state index in [9.17, 15) is 4.79 Å². The minimum atomic E-state index is 0. The largest absolute Gasteiger partial charge is 0.399 e.